The van der Waals surface area contributed by atoms with Crippen LogP contribution in [0.25, 0.3) is 0 Å². The van der Waals surface area contributed by atoms with Crippen molar-refractivity contribution in [2.24, 2.45) is 11.7 Å². The first kappa shape index (κ1) is 14.2. The van der Waals surface area contributed by atoms with E-state index in [0.29, 0.717) is 5.02 Å². The fourth-order valence-electron chi connectivity index (χ4n) is 2.80. The van der Waals surface area contributed by atoms with Crippen molar-refractivity contribution < 1.29 is 14.3 Å². The highest BCUT2D eigenvalue weighted by Gasteiger charge is 2.56. The van der Waals surface area contributed by atoms with Crippen LogP contribution in [-0.4, -0.2) is 19.3 Å². The third-order valence-electron chi connectivity index (χ3n) is 3.82. The van der Waals surface area contributed by atoms with Crippen molar-refractivity contribution in [3.05, 3.63) is 34.9 Å². The molecule has 1 saturated carbocycles. The standard InChI is InChI=1S/C14H18ClNO3/c1-3-14(18-2,9-6-4-5-7-11(9)15)10-8-12(10)19-13(16)17/h4-7,10,12H,3,8H2,1-2H3,(H2,16,17)/t10-,12?,14+/m1/s1. The van der Waals surface area contributed by atoms with Crippen LogP contribution in [-0.2, 0) is 15.1 Å². The van der Waals surface area contributed by atoms with Crippen LogP contribution in [0.2, 0.25) is 5.02 Å². The number of halogens is 1. The van der Waals surface area contributed by atoms with Crippen molar-refractivity contribution in [1.29, 1.82) is 0 Å². The minimum atomic E-state index is -0.743. The molecule has 1 aromatic carbocycles. The summed E-state index contributed by atoms with van der Waals surface area (Å²) >= 11 is 6.28. The van der Waals surface area contributed by atoms with E-state index in [1.165, 1.54) is 0 Å². The molecule has 0 aromatic heterocycles. The van der Waals surface area contributed by atoms with Gasteiger partial charge in [-0.25, -0.2) is 4.79 Å². The highest BCUT2D eigenvalue weighted by Crippen LogP contribution is 2.53. The van der Waals surface area contributed by atoms with E-state index in [1.54, 1.807) is 7.11 Å². The molecule has 3 atom stereocenters. The molecule has 0 saturated heterocycles. The number of methoxy groups -OCH3 is 1. The SMILES string of the molecule is CC[C@](OC)(c1ccccc1Cl)[C@@H]1CC1OC(N)=O. The summed E-state index contributed by atoms with van der Waals surface area (Å²) in [7, 11) is 1.66. The fourth-order valence-corrected chi connectivity index (χ4v) is 3.10. The van der Waals surface area contributed by atoms with E-state index < -0.39 is 11.7 Å². The van der Waals surface area contributed by atoms with Gasteiger partial charge in [-0.3, -0.25) is 0 Å². The summed E-state index contributed by atoms with van der Waals surface area (Å²) in [6, 6.07) is 7.60. The van der Waals surface area contributed by atoms with Gasteiger partial charge >= 0.3 is 6.09 Å². The molecular weight excluding hydrogens is 266 g/mol. The van der Waals surface area contributed by atoms with Crippen molar-refractivity contribution in [1.82, 2.24) is 0 Å². The Morgan fingerprint density at radius 1 is 1.53 bits per heavy atom. The van der Waals surface area contributed by atoms with E-state index >= 15 is 0 Å². The number of benzene rings is 1. The Kier molecular flexibility index (Phi) is 4.02. The first-order valence-corrected chi connectivity index (χ1v) is 6.69. The first-order chi connectivity index (χ1) is 9.05. The van der Waals surface area contributed by atoms with Crippen LogP contribution in [0.4, 0.5) is 4.79 Å². The van der Waals surface area contributed by atoms with Gasteiger partial charge in [-0.1, -0.05) is 36.7 Å². The molecule has 1 unspecified atom stereocenters. The van der Waals surface area contributed by atoms with Crippen molar-refractivity contribution in [3.8, 4) is 0 Å². The van der Waals surface area contributed by atoms with E-state index in [2.05, 4.69) is 0 Å². The van der Waals surface area contributed by atoms with E-state index in [4.69, 9.17) is 26.8 Å². The number of ether oxygens (including phenoxy) is 2. The van der Waals surface area contributed by atoms with Crippen LogP contribution >= 0.6 is 11.6 Å². The van der Waals surface area contributed by atoms with Crippen LogP contribution in [0, 0.1) is 5.92 Å². The molecule has 0 spiro atoms. The number of hydrogen-bond donors (Lipinski definition) is 1. The van der Waals surface area contributed by atoms with Gasteiger partial charge in [-0.05, 0) is 18.9 Å². The van der Waals surface area contributed by atoms with Gasteiger partial charge in [0.05, 0.1) is 0 Å². The highest BCUT2D eigenvalue weighted by molar-refractivity contribution is 6.31. The molecule has 4 nitrogen and oxygen atoms in total. The van der Waals surface area contributed by atoms with E-state index in [0.717, 1.165) is 18.4 Å². The molecule has 0 aliphatic heterocycles. The number of nitrogens with two attached hydrogens (primary N) is 1. The average molecular weight is 284 g/mol. The number of primary amides is 1. The van der Waals surface area contributed by atoms with Crippen molar-refractivity contribution >= 4 is 17.7 Å². The molecule has 19 heavy (non-hydrogen) atoms. The summed E-state index contributed by atoms with van der Waals surface area (Å²) in [4.78, 5) is 10.8. The smallest absolute Gasteiger partial charge is 0.404 e. The number of carbonyl (C=O) groups excluding carboxylic acids is 1. The second-order valence-corrected chi connectivity index (χ2v) is 5.15. The second-order valence-electron chi connectivity index (χ2n) is 4.74. The zero-order valence-corrected chi connectivity index (χ0v) is 11.8. The lowest BCUT2D eigenvalue weighted by molar-refractivity contribution is -0.0488. The van der Waals surface area contributed by atoms with E-state index in [9.17, 15) is 4.79 Å². The summed E-state index contributed by atoms with van der Waals surface area (Å²) < 4.78 is 10.8. The highest BCUT2D eigenvalue weighted by atomic mass is 35.5. The molecule has 5 heteroatoms. The molecule has 2 rings (SSSR count). The predicted molar refractivity (Wildman–Crippen MR) is 73.0 cm³/mol. The second kappa shape index (κ2) is 5.39. The van der Waals surface area contributed by atoms with Crippen LogP contribution in [0.3, 0.4) is 0 Å². The maximum Gasteiger partial charge on any atom is 0.404 e. The molecule has 1 aromatic rings. The fraction of sp³-hybridized carbons (Fsp3) is 0.500. The molecule has 1 amide bonds. The summed E-state index contributed by atoms with van der Waals surface area (Å²) in [6.45, 7) is 2.03. The lowest BCUT2D eigenvalue weighted by Gasteiger charge is -2.33. The number of rotatable bonds is 5. The maximum absolute atomic E-state index is 10.8. The molecule has 104 valence electrons. The maximum atomic E-state index is 10.8. The molecule has 0 heterocycles. The zero-order chi connectivity index (χ0) is 14.0. The van der Waals surface area contributed by atoms with Crippen molar-refractivity contribution in [2.45, 2.75) is 31.5 Å². The summed E-state index contributed by atoms with van der Waals surface area (Å²) in [5.74, 6) is 0.0925. The number of amides is 1. The van der Waals surface area contributed by atoms with Crippen molar-refractivity contribution in [3.63, 3.8) is 0 Å². The first-order valence-electron chi connectivity index (χ1n) is 6.31. The monoisotopic (exact) mass is 283 g/mol. The summed E-state index contributed by atoms with van der Waals surface area (Å²) in [6.07, 6.45) is 0.563. The minimum Gasteiger partial charge on any atom is -0.446 e. The lowest BCUT2D eigenvalue weighted by atomic mass is 9.85. The van der Waals surface area contributed by atoms with Gasteiger partial charge in [-0.15, -0.1) is 0 Å². The summed E-state index contributed by atoms with van der Waals surface area (Å²) in [5, 5.41) is 0.663. The Morgan fingerprint density at radius 2 is 2.21 bits per heavy atom. The largest absolute Gasteiger partial charge is 0.446 e. The Balaban J connectivity index is 2.30. The quantitative estimate of drug-likeness (QED) is 0.903. The predicted octanol–water partition coefficient (Wildman–Crippen LogP) is 3.08. The molecule has 2 N–H and O–H groups in total. The summed E-state index contributed by atoms with van der Waals surface area (Å²) in [5.41, 5.74) is 5.47. The topological polar surface area (TPSA) is 61.6 Å². The third kappa shape index (κ3) is 2.55. The molecule has 0 radical (unpaired) electrons. The van der Waals surface area contributed by atoms with Gasteiger partial charge in [0.15, 0.2) is 0 Å². The van der Waals surface area contributed by atoms with Crippen LogP contribution in [0.15, 0.2) is 24.3 Å². The Hall–Kier alpha value is -1.26. The molecule has 1 fully saturated rings. The van der Waals surface area contributed by atoms with E-state index in [-0.39, 0.29) is 12.0 Å². The third-order valence-corrected chi connectivity index (χ3v) is 4.15. The number of hydrogen-bond acceptors (Lipinski definition) is 3. The Labute approximate surface area is 117 Å². The number of carbonyl (C=O) groups is 1. The normalized spacial score (nSPS) is 24.6. The Morgan fingerprint density at radius 3 is 2.74 bits per heavy atom. The molecule has 1 aliphatic carbocycles. The van der Waals surface area contributed by atoms with Gasteiger partial charge in [-0.2, -0.15) is 0 Å². The molecule has 1 aliphatic rings. The average Bonchev–Trinajstić information content (AvgIpc) is 3.12. The minimum absolute atomic E-state index is 0.0925. The van der Waals surface area contributed by atoms with E-state index in [1.807, 2.05) is 31.2 Å². The lowest BCUT2D eigenvalue weighted by Crippen LogP contribution is -2.33. The molecular formula is C14H18ClNO3. The Bertz CT molecular complexity index is 474. The van der Waals surface area contributed by atoms with Gasteiger partial charge in [0.1, 0.15) is 11.7 Å². The molecule has 0 bridgehead atoms. The van der Waals surface area contributed by atoms with Gasteiger partial charge in [0.25, 0.3) is 0 Å². The van der Waals surface area contributed by atoms with Crippen LogP contribution in [0.5, 0.6) is 0 Å². The van der Waals surface area contributed by atoms with Gasteiger partial charge < -0.3 is 15.2 Å². The van der Waals surface area contributed by atoms with Crippen LogP contribution in [0.1, 0.15) is 25.3 Å². The van der Waals surface area contributed by atoms with Crippen LogP contribution < -0.4 is 5.73 Å². The van der Waals surface area contributed by atoms with Crippen molar-refractivity contribution in [2.75, 3.05) is 7.11 Å². The van der Waals surface area contributed by atoms with Gasteiger partial charge in [0.2, 0.25) is 0 Å². The zero-order valence-electron chi connectivity index (χ0n) is 11.1. The van der Waals surface area contributed by atoms with Gasteiger partial charge in [0, 0.05) is 23.6 Å².